The Labute approximate surface area is 115 Å². The maximum atomic E-state index is 12.3. The van der Waals surface area contributed by atoms with Gasteiger partial charge in [0.15, 0.2) is 5.43 Å². The lowest BCUT2D eigenvalue weighted by Gasteiger charge is -2.05. The molecule has 0 fully saturated rings. The van der Waals surface area contributed by atoms with Gasteiger partial charge >= 0.3 is 5.97 Å². The number of hydrogen-bond acceptors (Lipinski definition) is 2. The highest BCUT2D eigenvalue weighted by Gasteiger charge is 2.12. The van der Waals surface area contributed by atoms with Gasteiger partial charge < -0.3 is 10.1 Å². The van der Waals surface area contributed by atoms with Crippen molar-refractivity contribution >= 4 is 43.7 Å². The number of rotatable bonds is 1. The summed E-state index contributed by atoms with van der Waals surface area (Å²) in [5.74, 6) is -1.06. The first-order valence-electron chi connectivity index (χ1n) is 5.55. The average Bonchev–Trinajstić information content (AvgIpc) is 2.37. The molecule has 4 nitrogen and oxygen atoms in total. The topological polar surface area (TPSA) is 70.2 Å². The number of carboxylic acid groups (broad SMARTS) is 1. The number of halogens is 1. The number of nitrogens with one attached hydrogen (secondary N) is 1. The van der Waals surface area contributed by atoms with Crippen molar-refractivity contribution in [3.8, 4) is 0 Å². The number of carboxylic acids is 1. The normalized spacial score (nSPS) is 11.0. The first-order chi connectivity index (χ1) is 9.08. The van der Waals surface area contributed by atoms with Crippen LogP contribution in [0, 0.1) is 0 Å². The molecule has 0 amide bonds. The van der Waals surface area contributed by atoms with Crippen LogP contribution < -0.4 is 5.43 Å². The Morgan fingerprint density at radius 1 is 1.16 bits per heavy atom. The van der Waals surface area contributed by atoms with E-state index in [-0.39, 0.29) is 11.0 Å². The fourth-order valence-corrected chi connectivity index (χ4v) is 2.51. The van der Waals surface area contributed by atoms with Crippen molar-refractivity contribution in [1.82, 2.24) is 4.98 Å². The van der Waals surface area contributed by atoms with E-state index in [1.807, 2.05) is 0 Å². The summed E-state index contributed by atoms with van der Waals surface area (Å²) in [7, 11) is 0. The fourth-order valence-electron chi connectivity index (χ4n) is 2.15. The lowest BCUT2D eigenvalue weighted by atomic mass is 10.1. The van der Waals surface area contributed by atoms with Crippen molar-refractivity contribution in [2.45, 2.75) is 0 Å². The van der Waals surface area contributed by atoms with Gasteiger partial charge in [-0.2, -0.15) is 0 Å². The largest absolute Gasteiger partial charge is 0.478 e. The third-order valence-corrected chi connectivity index (χ3v) is 3.52. The maximum absolute atomic E-state index is 12.3. The van der Waals surface area contributed by atoms with Gasteiger partial charge in [0.05, 0.1) is 16.6 Å². The van der Waals surface area contributed by atoms with Crippen LogP contribution in [-0.4, -0.2) is 16.1 Å². The lowest BCUT2D eigenvalue weighted by Crippen LogP contribution is -2.07. The highest BCUT2D eigenvalue weighted by molar-refractivity contribution is 9.10. The Hall–Kier alpha value is -2.14. The molecule has 1 aromatic heterocycles. The minimum absolute atomic E-state index is 0.0940. The van der Waals surface area contributed by atoms with E-state index in [2.05, 4.69) is 20.9 Å². The highest BCUT2D eigenvalue weighted by Crippen LogP contribution is 2.21. The Balaban J connectivity index is 2.58. The van der Waals surface area contributed by atoms with Crippen LogP contribution in [0.15, 0.2) is 45.7 Å². The van der Waals surface area contributed by atoms with Gasteiger partial charge in [-0.25, -0.2) is 4.79 Å². The molecular weight excluding hydrogens is 310 g/mol. The second kappa shape index (κ2) is 4.20. The highest BCUT2D eigenvalue weighted by atomic mass is 79.9. The fraction of sp³-hybridized carbons (Fsp3) is 0. The lowest BCUT2D eigenvalue weighted by molar-refractivity contribution is 0.0699. The van der Waals surface area contributed by atoms with Gasteiger partial charge in [0.1, 0.15) is 0 Å². The third-order valence-electron chi connectivity index (χ3n) is 3.03. The maximum Gasteiger partial charge on any atom is 0.337 e. The van der Waals surface area contributed by atoms with Crippen LogP contribution in [-0.2, 0) is 0 Å². The van der Waals surface area contributed by atoms with Crippen LogP contribution in [0.4, 0.5) is 0 Å². The van der Waals surface area contributed by atoms with E-state index >= 15 is 0 Å². The number of aromatic carboxylic acids is 1. The number of aromatic amines is 1. The molecule has 2 aromatic carbocycles. The smallest absolute Gasteiger partial charge is 0.337 e. The molecule has 0 bridgehead atoms. The van der Waals surface area contributed by atoms with Gasteiger partial charge in [0, 0.05) is 15.2 Å². The first kappa shape index (κ1) is 11.9. The van der Waals surface area contributed by atoms with Crippen molar-refractivity contribution < 1.29 is 9.90 Å². The Morgan fingerprint density at radius 2 is 1.95 bits per heavy atom. The predicted octanol–water partition coefficient (Wildman–Crippen LogP) is 3.14. The van der Waals surface area contributed by atoms with Gasteiger partial charge in [-0.1, -0.05) is 22.0 Å². The molecule has 0 spiro atoms. The van der Waals surface area contributed by atoms with Gasteiger partial charge in [-0.15, -0.1) is 0 Å². The molecule has 1 heterocycles. The van der Waals surface area contributed by atoms with Crippen LogP contribution in [0.3, 0.4) is 0 Å². The first-order valence-corrected chi connectivity index (χ1v) is 6.35. The van der Waals surface area contributed by atoms with Crippen LogP contribution in [0.5, 0.6) is 0 Å². The van der Waals surface area contributed by atoms with Crippen LogP contribution in [0.1, 0.15) is 10.4 Å². The molecule has 3 aromatic rings. The zero-order valence-electron chi connectivity index (χ0n) is 9.61. The average molecular weight is 318 g/mol. The molecule has 94 valence electrons. The van der Waals surface area contributed by atoms with Gasteiger partial charge in [0.25, 0.3) is 0 Å². The summed E-state index contributed by atoms with van der Waals surface area (Å²) in [6.45, 7) is 0. The molecule has 0 unspecified atom stereocenters. The van der Waals surface area contributed by atoms with E-state index in [1.54, 1.807) is 30.3 Å². The van der Waals surface area contributed by atoms with E-state index < -0.39 is 5.97 Å². The van der Waals surface area contributed by atoms with Crippen LogP contribution in [0.25, 0.3) is 21.8 Å². The molecule has 2 N–H and O–H groups in total. The summed E-state index contributed by atoms with van der Waals surface area (Å²) >= 11 is 3.33. The van der Waals surface area contributed by atoms with E-state index in [1.165, 1.54) is 6.07 Å². The third kappa shape index (κ3) is 1.82. The Bertz CT molecular complexity index is 883. The van der Waals surface area contributed by atoms with Crippen LogP contribution >= 0.6 is 15.9 Å². The van der Waals surface area contributed by atoms with Gasteiger partial charge in [-0.3, -0.25) is 4.79 Å². The minimum atomic E-state index is -1.06. The molecule has 3 rings (SSSR count). The zero-order chi connectivity index (χ0) is 13.6. The van der Waals surface area contributed by atoms with Crippen molar-refractivity contribution in [3.63, 3.8) is 0 Å². The second-order valence-corrected chi connectivity index (χ2v) is 5.09. The van der Waals surface area contributed by atoms with Crippen molar-refractivity contribution in [1.29, 1.82) is 0 Å². The Morgan fingerprint density at radius 3 is 2.68 bits per heavy atom. The monoisotopic (exact) mass is 317 g/mol. The molecule has 0 aliphatic rings. The minimum Gasteiger partial charge on any atom is -0.478 e. The Kier molecular flexibility index (Phi) is 2.64. The van der Waals surface area contributed by atoms with E-state index in [4.69, 9.17) is 5.11 Å². The number of H-pyrrole nitrogens is 1. The molecule has 0 radical (unpaired) electrons. The van der Waals surface area contributed by atoms with Gasteiger partial charge in [-0.05, 0) is 30.3 Å². The standard InChI is InChI=1S/C14H8BrNO3/c15-7-4-5-8-11(6-7)16-12-9(13(8)17)2-1-3-10(12)14(18)19/h1-6H,(H,16,17)(H,18,19). The van der Waals surface area contributed by atoms with E-state index in [0.29, 0.717) is 21.8 Å². The van der Waals surface area contributed by atoms with E-state index in [0.717, 1.165) is 4.47 Å². The summed E-state index contributed by atoms with van der Waals surface area (Å²) in [5.41, 5.74) is 0.891. The molecule has 0 saturated heterocycles. The van der Waals surface area contributed by atoms with Crippen molar-refractivity contribution in [2.75, 3.05) is 0 Å². The zero-order valence-corrected chi connectivity index (χ0v) is 11.2. The summed E-state index contributed by atoms with van der Waals surface area (Å²) in [4.78, 5) is 26.6. The molecule has 0 aliphatic carbocycles. The van der Waals surface area contributed by atoms with Gasteiger partial charge in [0.2, 0.25) is 0 Å². The SMILES string of the molecule is O=C(O)c1cccc2c(=O)c3ccc(Br)cc3[nH]c12. The summed E-state index contributed by atoms with van der Waals surface area (Å²) in [5, 5.41) is 10.1. The molecule has 5 heteroatoms. The number of pyridine rings is 1. The number of benzene rings is 2. The molecular formula is C14H8BrNO3. The second-order valence-electron chi connectivity index (χ2n) is 4.18. The summed E-state index contributed by atoms with van der Waals surface area (Å²) in [6.07, 6.45) is 0. The number of hydrogen-bond donors (Lipinski definition) is 2. The number of fused-ring (bicyclic) bond motifs is 2. The number of para-hydroxylation sites is 1. The van der Waals surface area contributed by atoms with E-state index in [9.17, 15) is 9.59 Å². The van der Waals surface area contributed by atoms with Crippen molar-refractivity contribution in [3.05, 3.63) is 56.7 Å². The molecule has 0 saturated carbocycles. The van der Waals surface area contributed by atoms with Crippen molar-refractivity contribution in [2.24, 2.45) is 0 Å². The molecule has 19 heavy (non-hydrogen) atoms. The van der Waals surface area contributed by atoms with Crippen LogP contribution in [0.2, 0.25) is 0 Å². The quantitative estimate of drug-likeness (QED) is 0.677. The number of carbonyl (C=O) groups is 1. The molecule has 0 aliphatic heterocycles. The summed E-state index contributed by atoms with van der Waals surface area (Å²) < 4.78 is 0.822. The summed E-state index contributed by atoms with van der Waals surface area (Å²) in [6, 6.07) is 9.93. The number of aromatic nitrogens is 1. The predicted molar refractivity (Wildman–Crippen MR) is 76.7 cm³/mol. The molecule has 0 atom stereocenters.